The fraction of sp³-hybridized carbons (Fsp3) is 0.300. The molecule has 1 amide bonds. The van der Waals surface area contributed by atoms with Crippen LogP contribution in [-0.4, -0.2) is 5.91 Å². The van der Waals surface area contributed by atoms with E-state index in [9.17, 15) is 4.79 Å². The average Bonchev–Trinajstić information content (AvgIpc) is 2.42. The van der Waals surface area contributed by atoms with Crippen molar-refractivity contribution in [3.8, 4) is 0 Å². The molecule has 0 fully saturated rings. The van der Waals surface area contributed by atoms with Gasteiger partial charge in [-0.25, -0.2) is 0 Å². The summed E-state index contributed by atoms with van der Waals surface area (Å²) in [6.45, 7) is 1.99. The van der Waals surface area contributed by atoms with Gasteiger partial charge in [-0.15, -0.1) is 12.4 Å². The monoisotopic (exact) mass is 212 g/mol. The van der Waals surface area contributed by atoms with Gasteiger partial charge in [-0.05, 0) is 18.6 Å². The average molecular weight is 213 g/mol. The smallest absolute Gasteiger partial charge is 0.232 e. The van der Waals surface area contributed by atoms with E-state index < -0.39 is 0 Å². The highest BCUT2D eigenvalue weighted by atomic mass is 35.5. The summed E-state index contributed by atoms with van der Waals surface area (Å²) < 4.78 is 0. The van der Waals surface area contributed by atoms with Gasteiger partial charge in [0.25, 0.3) is 0 Å². The zero-order valence-electron chi connectivity index (χ0n) is 7.91. The molecule has 4 heteroatoms. The highest BCUT2D eigenvalue weighted by Gasteiger charge is 2.30. The molecule has 1 unspecified atom stereocenters. The van der Waals surface area contributed by atoms with Crippen LogP contribution in [0.1, 0.15) is 24.8 Å². The summed E-state index contributed by atoms with van der Waals surface area (Å²) in [7, 11) is 0. The van der Waals surface area contributed by atoms with Crippen LogP contribution >= 0.6 is 12.4 Å². The minimum Gasteiger partial charge on any atom is -0.398 e. The quantitative estimate of drug-likeness (QED) is 0.701. The molecule has 1 aliphatic heterocycles. The molecule has 1 heterocycles. The topological polar surface area (TPSA) is 55.1 Å². The Morgan fingerprint density at radius 1 is 1.50 bits per heavy atom. The molecular formula is C10H13ClN2O. The van der Waals surface area contributed by atoms with Gasteiger partial charge in [0.1, 0.15) is 0 Å². The Bertz CT molecular complexity index is 365. The first-order chi connectivity index (χ1) is 6.24. The third kappa shape index (κ3) is 1.44. The number of hydrogen-bond acceptors (Lipinski definition) is 2. The second kappa shape index (κ2) is 3.88. The summed E-state index contributed by atoms with van der Waals surface area (Å²) in [5, 5.41) is 2.82. The van der Waals surface area contributed by atoms with Crippen molar-refractivity contribution >= 4 is 29.7 Å². The van der Waals surface area contributed by atoms with Gasteiger partial charge < -0.3 is 11.1 Å². The number of amides is 1. The van der Waals surface area contributed by atoms with Gasteiger partial charge in [-0.3, -0.25) is 4.79 Å². The molecule has 0 radical (unpaired) electrons. The molecule has 76 valence electrons. The Morgan fingerprint density at radius 3 is 2.86 bits per heavy atom. The van der Waals surface area contributed by atoms with Crippen molar-refractivity contribution in [2.45, 2.75) is 19.3 Å². The summed E-state index contributed by atoms with van der Waals surface area (Å²) in [5.41, 5.74) is 8.36. The Kier molecular flexibility index (Phi) is 3.01. The van der Waals surface area contributed by atoms with Gasteiger partial charge in [0.2, 0.25) is 5.91 Å². The summed E-state index contributed by atoms with van der Waals surface area (Å²) in [6.07, 6.45) is 0.799. The lowest BCUT2D eigenvalue weighted by Crippen LogP contribution is -2.11. The van der Waals surface area contributed by atoms with E-state index in [4.69, 9.17) is 5.73 Å². The van der Waals surface area contributed by atoms with Crippen molar-refractivity contribution in [1.82, 2.24) is 0 Å². The molecule has 3 N–H and O–H groups in total. The maximum absolute atomic E-state index is 11.4. The van der Waals surface area contributed by atoms with Crippen LogP contribution in [0.15, 0.2) is 18.2 Å². The van der Waals surface area contributed by atoms with Gasteiger partial charge in [-0.2, -0.15) is 0 Å². The van der Waals surface area contributed by atoms with Gasteiger partial charge >= 0.3 is 0 Å². The number of nitrogen functional groups attached to an aromatic ring is 1. The molecule has 1 aromatic carbocycles. The van der Waals surface area contributed by atoms with Crippen LogP contribution in [-0.2, 0) is 4.79 Å². The molecule has 2 rings (SSSR count). The fourth-order valence-electron chi connectivity index (χ4n) is 1.82. The summed E-state index contributed by atoms with van der Waals surface area (Å²) in [4.78, 5) is 11.4. The summed E-state index contributed by atoms with van der Waals surface area (Å²) in [6, 6.07) is 5.58. The maximum Gasteiger partial charge on any atom is 0.232 e. The molecule has 3 nitrogen and oxygen atoms in total. The van der Waals surface area contributed by atoms with E-state index in [0.29, 0.717) is 5.69 Å². The van der Waals surface area contributed by atoms with E-state index in [0.717, 1.165) is 17.7 Å². The molecule has 1 atom stereocenters. The molecule has 0 aliphatic carbocycles. The molecule has 1 aliphatic rings. The van der Waals surface area contributed by atoms with Gasteiger partial charge in [0, 0.05) is 16.9 Å². The molecule has 0 saturated carbocycles. The van der Waals surface area contributed by atoms with E-state index >= 15 is 0 Å². The third-order valence-corrected chi connectivity index (χ3v) is 2.47. The highest BCUT2D eigenvalue weighted by Crippen LogP contribution is 2.38. The fourth-order valence-corrected chi connectivity index (χ4v) is 1.82. The first-order valence-corrected chi connectivity index (χ1v) is 4.43. The van der Waals surface area contributed by atoms with Gasteiger partial charge in [0.05, 0.1) is 5.92 Å². The standard InChI is InChI=1S/C10H12N2O.ClH/c1-2-6-9-7(11)4-3-5-8(9)12-10(6)13;/h3-6H,2,11H2,1H3,(H,12,13);1H. The molecule has 0 spiro atoms. The Balaban J connectivity index is 0.000000980. The van der Waals surface area contributed by atoms with Crippen LogP contribution in [0.3, 0.4) is 0 Å². The van der Waals surface area contributed by atoms with Crippen LogP contribution in [0.5, 0.6) is 0 Å². The van der Waals surface area contributed by atoms with Crippen LogP contribution < -0.4 is 11.1 Å². The number of rotatable bonds is 1. The molecule has 14 heavy (non-hydrogen) atoms. The zero-order valence-corrected chi connectivity index (χ0v) is 8.73. The maximum atomic E-state index is 11.4. The number of anilines is 2. The molecule has 0 saturated heterocycles. The number of nitrogens with one attached hydrogen (secondary N) is 1. The van der Waals surface area contributed by atoms with E-state index in [1.807, 2.05) is 25.1 Å². The number of nitrogens with two attached hydrogens (primary N) is 1. The lowest BCUT2D eigenvalue weighted by Gasteiger charge is -2.07. The van der Waals surface area contributed by atoms with Gasteiger partial charge in [-0.1, -0.05) is 13.0 Å². The second-order valence-electron chi connectivity index (χ2n) is 3.26. The Morgan fingerprint density at radius 2 is 2.21 bits per heavy atom. The van der Waals surface area contributed by atoms with Crippen LogP contribution in [0.4, 0.5) is 11.4 Å². The third-order valence-electron chi connectivity index (χ3n) is 2.47. The minimum atomic E-state index is -0.0591. The number of fused-ring (bicyclic) bond motifs is 1. The molecule has 1 aromatic rings. The highest BCUT2D eigenvalue weighted by molar-refractivity contribution is 6.04. The van der Waals surface area contributed by atoms with E-state index in [-0.39, 0.29) is 24.2 Å². The van der Waals surface area contributed by atoms with Crippen LogP contribution in [0, 0.1) is 0 Å². The van der Waals surface area contributed by atoms with Gasteiger partial charge in [0.15, 0.2) is 0 Å². The molecular weight excluding hydrogens is 200 g/mol. The predicted molar refractivity (Wildman–Crippen MR) is 59.8 cm³/mol. The van der Waals surface area contributed by atoms with Crippen LogP contribution in [0.2, 0.25) is 0 Å². The lowest BCUT2D eigenvalue weighted by molar-refractivity contribution is -0.117. The summed E-state index contributed by atoms with van der Waals surface area (Å²) in [5.74, 6) is 0.00611. The summed E-state index contributed by atoms with van der Waals surface area (Å²) >= 11 is 0. The SMILES string of the molecule is CCC1C(=O)Nc2cccc(N)c21.Cl. The Hall–Kier alpha value is -1.22. The molecule has 0 aromatic heterocycles. The normalized spacial score (nSPS) is 18.4. The van der Waals surface area contributed by atoms with Crippen molar-refractivity contribution in [2.75, 3.05) is 11.1 Å². The first kappa shape index (κ1) is 10.9. The first-order valence-electron chi connectivity index (χ1n) is 4.43. The van der Waals surface area contributed by atoms with Crippen LogP contribution in [0.25, 0.3) is 0 Å². The van der Waals surface area contributed by atoms with Crippen molar-refractivity contribution in [1.29, 1.82) is 0 Å². The van der Waals surface area contributed by atoms with E-state index in [1.54, 1.807) is 0 Å². The minimum absolute atomic E-state index is 0. The Labute approximate surface area is 89.1 Å². The number of carbonyl (C=O) groups excluding carboxylic acids is 1. The predicted octanol–water partition coefficient (Wildman–Crippen LogP) is 2.14. The molecule has 0 bridgehead atoms. The van der Waals surface area contributed by atoms with Crippen molar-refractivity contribution in [2.24, 2.45) is 0 Å². The second-order valence-corrected chi connectivity index (χ2v) is 3.26. The number of hydrogen-bond donors (Lipinski definition) is 2. The van der Waals surface area contributed by atoms with Crippen molar-refractivity contribution < 1.29 is 4.79 Å². The van der Waals surface area contributed by atoms with E-state index in [1.165, 1.54) is 0 Å². The lowest BCUT2D eigenvalue weighted by atomic mass is 9.97. The number of carbonyl (C=O) groups is 1. The number of halogens is 1. The number of benzene rings is 1. The van der Waals surface area contributed by atoms with Crippen molar-refractivity contribution in [3.05, 3.63) is 23.8 Å². The largest absolute Gasteiger partial charge is 0.398 e. The van der Waals surface area contributed by atoms with E-state index in [2.05, 4.69) is 5.32 Å². The zero-order chi connectivity index (χ0) is 9.42. The van der Waals surface area contributed by atoms with Crippen molar-refractivity contribution in [3.63, 3.8) is 0 Å².